The van der Waals surface area contributed by atoms with Gasteiger partial charge in [0.1, 0.15) is 6.54 Å². The molecule has 1 aliphatic rings. The zero-order valence-corrected chi connectivity index (χ0v) is 10.3. The SMILES string of the molecule is O=C1CN(c2ccccc2)c2c(Cl)cccc2N1. The van der Waals surface area contributed by atoms with Crippen molar-refractivity contribution in [3.8, 4) is 0 Å². The van der Waals surface area contributed by atoms with Crippen molar-refractivity contribution in [1.82, 2.24) is 0 Å². The largest absolute Gasteiger partial charge is 0.329 e. The third-order valence-electron chi connectivity index (χ3n) is 2.90. The van der Waals surface area contributed by atoms with Gasteiger partial charge in [0, 0.05) is 5.69 Å². The van der Waals surface area contributed by atoms with Crippen LogP contribution in [0.1, 0.15) is 0 Å². The predicted octanol–water partition coefficient (Wildman–Crippen LogP) is 3.43. The van der Waals surface area contributed by atoms with Gasteiger partial charge in [0.15, 0.2) is 0 Å². The molecule has 0 saturated heterocycles. The van der Waals surface area contributed by atoms with E-state index in [9.17, 15) is 4.79 Å². The van der Waals surface area contributed by atoms with Crippen LogP contribution in [0, 0.1) is 0 Å². The summed E-state index contributed by atoms with van der Waals surface area (Å²) >= 11 is 6.24. The van der Waals surface area contributed by atoms with Crippen LogP contribution in [0.2, 0.25) is 5.02 Å². The van der Waals surface area contributed by atoms with Crippen molar-refractivity contribution in [2.45, 2.75) is 0 Å². The number of hydrogen-bond donors (Lipinski definition) is 1. The molecular formula is C14H11ClN2O. The van der Waals surface area contributed by atoms with Crippen LogP contribution in [0.4, 0.5) is 17.1 Å². The van der Waals surface area contributed by atoms with E-state index in [0.717, 1.165) is 17.1 Å². The van der Waals surface area contributed by atoms with E-state index in [1.807, 2.05) is 53.4 Å². The van der Waals surface area contributed by atoms with Crippen molar-refractivity contribution in [3.05, 3.63) is 53.6 Å². The Morgan fingerprint density at radius 3 is 2.61 bits per heavy atom. The molecule has 2 aromatic carbocycles. The highest BCUT2D eigenvalue weighted by atomic mass is 35.5. The van der Waals surface area contributed by atoms with E-state index in [1.54, 1.807) is 0 Å². The molecule has 0 atom stereocenters. The molecule has 1 heterocycles. The minimum Gasteiger partial charge on any atom is -0.329 e. The zero-order chi connectivity index (χ0) is 12.5. The summed E-state index contributed by atoms with van der Waals surface area (Å²) in [7, 11) is 0. The van der Waals surface area contributed by atoms with Crippen LogP contribution in [0.15, 0.2) is 48.5 Å². The Morgan fingerprint density at radius 2 is 1.83 bits per heavy atom. The summed E-state index contributed by atoms with van der Waals surface area (Å²) in [5.74, 6) is -0.0337. The first-order valence-electron chi connectivity index (χ1n) is 5.66. The first-order valence-corrected chi connectivity index (χ1v) is 6.04. The van der Waals surface area contributed by atoms with Crippen LogP contribution in [0.5, 0.6) is 0 Å². The predicted molar refractivity (Wildman–Crippen MR) is 73.5 cm³/mol. The lowest BCUT2D eigenvalue weighted by molar-refractivity contribution is -0.115. The quantitative estimate of drug-likeness (QED) is 0.850. The Bertz CT molecular complexity index is 598. The molecule has 1 amide bonds. The number of rotatable bonds is 1. The van der Waals surface area contributed by atoms with Crippen LogP contribution in [-0.4, -0.2) is 12.5 Å². The zero-order valence-electron chi connectivity index (χ0n) is 9.56. The van der Waals surface area contributed by atoms with Gasteiger partial charge in [-0.15, -0.1) is 0 Å². The van der Waals surface area contributed by atoms with Crippen molar-refractivity contribution in [1.29, 1.82) is 0 Å². The fourth-order valence-electron chi connectivity index (χ4n) is 2.13. The number of halogens is 1. The molecule has 0 spiro atoms. The average Bonchev–Trinajstić information content (AvgIpc) is 2.39. The summed E-state index contributed by atoms with van der Waals surface area (Å²) < 4.78 is 0. The first-order chi connectivity index (χ1) is 8.75. The normalized spacial score (nSPS) is 14.1. The summed E-state index contributed by atoms with van der Waals surface area (Å²) in [5, 5.41) is 3.47. The summed E-state index contributed by atoms with van der Waals surface area (Å²) in [6.45, 7) is 0.279. The number of hydrogen-bond acceptors (Lipinski definition) is 2. The number of anilines is 3. The van der Waals surface area contributed by atoms with Crippen LogP contribution < -0.4 is 10.2 Å². The highest BCUT2D eigenvalue weighted by Gasteiger charge is 2.24. The Balaban J connectivity index is 2.15. The van der Waals surface area contributed by atoms with Gasteiger partial charge in [-0.3, -0.25) is 4.79 Å². The lowest BCUT2D eigenvalue weighted by Crippen LogP contribution is -2.35. The summed E-state index contributed by atoms with van der Waals surface area (Å²) in [6, 6.07) is 15.3. The summed E-state index contributed by atoms with van der Waals surface area (Å²) in [6.07, 6.45) is 0. The second-order valence-electron chi connectivity index (χ2n) is 4.11. The highest BCUT2D eigenvalue weighted by Crippen LogP contribution is 2.40. The maximum Gasteiger partial charge on any atom is 0.244 e. The van der Waals surface area contributed by atoms with Gasteiger partial charge in [-0.05, 0) is 24.3 Å². The van der Waals surface area contributed by atoms with Crippen LogP contribution in [0.3, 0.4) is 0 Å². The lowest BCUT2D eigenvalue weighted by atomic mass is 10.1. The maximum absolute atomic E-state index is 11.7. The molecule has 4 heteroatoms. The molecule has 1 aliphatic heterocycles. The number of nitrogens with zero attached hydrogens (tertiary/aromatic N) is 1. The van der Waals surface area contributed by atoms with Gasteiger partial charge >= 0.3 is 0 Å². The Labute approximate surface area is 110 Å². The van der Waals surface area contributed by atoms with E-state index in [-0.39, 0.29) is 12.5 Å². The first kappa shape index (κ1) is 11.1. The molecule has 0 unspecified atom stereocenters. The van der Waals surface area contributed by atoms with E-state index in [4.69, 9.17) is 11.6 Å². The summed E-state index contributed by atoms with van der Waals surface area (Å²) in [5.41, 5.74) is 2.56. The molecule has 3 rings (SSSR count). The number of benzene rings is 2. The van der Waals surface area contributed by atoms with E-state index in [1.165, 1.54) is 0 Å². The van der Waals surface area contributed by atoms with E-state index in [0.29, 0.717) is 5.02 Å². The molecule has 0 aliphatic carbocycles. The molecule has 0 saturated carbocycles. The van der Waals surface area contributed by atoms with Crippen LogP contribution in [-0.2, 0) is 4.79 Å². The summed E-state index contributed by atoms with van der Waals surface area (Å²) in [4.78, 5) is 13.7. The van der Waals surface area contributed by atoms with Gasteiger partial charge in [0.25, 0.3) is 0 Å². The number of para-hydroxylation sites is 2. The molecule has 0 radical (unpaired) electrons. The molecule has 90 valence electrons. The maximum atomic E-state index is 11.7. The van der Waals surface area contributed by atoms with Gasteiger partial charge in [0.05, 0.1) is 16.4 Å². The Kier molecular flexibility index (Phi) is 2.68. The fraction of sp³-hybridized carbons (Fsp3) is 0.0714. The van der Waals surface area contributed by atoms with Crippen LogP contribution in [0.25, 0.3) is 0 Å². The highest BCUT2D eigenvalue weighted by molar-refractivity contribution is 6.34. The second-order valence-corrected chi connectivity index (χ2v) is 4.51. The molecule has 3 nitrogen and oxygen atoms in total. The smallest absolute Gasteiger partial charge is 0.244 e. The van der Waals surface area contributed by atoms with E-state index >= 15 is 0 Å². The molecule has 18 heavy (non-hydrogen) atoms. The Hall–Kier alpha value is -2.00. The van der Waals surface area contributed by atoms with Gasteiger partial charge in [0.2, 0.25) is 5.91 Å². The molecular weight excluding hydrogens is 248 g/mol. The van der Waals surface area contributed by atoms with Gasteiger partial charge < -0.3 is 10.2 Å². The van der Waals surface area contributed by atoms with E-state index in [2.05, 4.69) is 5.32 Å². The minimum absolute atomic E-state index is 0.0337. The van der Waals surface area contributed by atoms with Crippen molar-refractivity contribution in [2.24, 2.45) is 0 Å². The van der Waals surface area contributed by atoms with Crippen molar-refractivity contribution < 1.29 is 4.79 Å². The number of fused-ring (bicyclic) bond motifs is 1. The lowest BCUT2D eigenvalue weighted by Gasteiger charge is -2.31. The van der Waals surface area contributed by atoms with Crippen molar-refractivity contribution in [2.75, 3.05) is 16.8 Å². The molecule has 0 aromatic heterocycles. The number of carbonyl (C=O) groups is 1. The topological polar surface area (TPSA) is 32.3 Å². The van der Waals surface area contributed by atoms with Crippen LogP contribution >= 0.6 is 11.6 Å². The standard InChI is InChI=1S/C14H11ClN2O/c15-11-7-4-8-12-14(11)17(9-13(18)16-12)10-5-2-1-3-6-10/h1-8H,9H2,(H,16,18). The minimum atomic E-state index is -0.0337. The average molecular weight is 259 g/mol. The number of nitrogens with one attached hydrogen (secondary N) is 1. The molecule has 1 N–H and O–H groups in total. The van der Waals surface area contributed by atoms with Gasteiger partial charge in [-0.1, -0.05) is 35.9 Å². The molecule has 0 fully saturated rings. The number of amides is 1. The second kappa shape index (κ2) is 4.35. The van der Waals surface area contributed by atoms with Gasteiger partial charge in [-0.2, -0.15) is 0 Å². The third kappa shape index (κ3) is 1.83. The molecule has 2 aromatic rings. The Morgan fingerprint density at radius 1 is 1.06 bits per heavy atom. The number of carbonyl (C=O) groups excluding carboxylic acids is 1. The fourth-order valence-corrected chi connectivity index (χ4v) is 2.41. The van der Waals surface area contributed by atoms with Gasteiger partial charge in [-0.25, -0.2) is 0 Å². The van der Waals surface area contributed by atoms with Crippen molar-refractivity contribution in [3.63, 3.8) is 0 Å². The third-order valence-corrected chi connectivity index (χ3v) is 3.21. The molecule has 0 bridgehead atoms. The monoisotopic (exact) mass is 258 g/mol. The van der Waals surface area contributed by atoms with Crippen molar-refractivity contribution >= 4 is 34.6 Å². The van der Waals surface area contributed by atoms with E-state index < -0.39 is 0 Å².